The van der Waals surface area contributed by atoms with Gasteiger partial charge in [-0.1, -0.05) is 6.07 Å². The van der Waals surface area contributed by atoms with E-state index >= 15 is 0 Å². The zero-order valence-electron chi connectivity index (χ0n) is 13.6. The quantitative estimate of drug-likeness (QED) is 0.794. The van der Waals surface area contributed by atoms with Crippen molar-refractivity contribution in [2.75, 3.05) is 23.7 Å². The van der Waals surface area contributed by atoms with Gasteiger partial charge in [-0.2, -0.15) is 0 Å². The summed E-state index contributed by atoms with van der Waals surface area (Å²) in [6, 6.07) is 5.58. The first-order chi connectivity index (χ1) is 10.5. The van der Waals surface area contributed by atoms with E-state index in [4.69, 9.17) is 0 Å². The number of carbonyl (C=O) groups is 2. The number of hydrogen-bond donors (Lipinski definition) is 3. The van der Waals surface area contributed by atoms with Crippen molar-refractivity contribution in [2.45, 2.75) is 33.1 Å². The van der Waals surface area contributed by atoms with E-state index in [-0.39, 0.29) is 35.6 Å². The maximum atomic E-state index is 12.5. The molecular formula is C17H24ClN3O2. The van der Waals surface area contributed by atoms with E-state index in [1.54, 1.807) is 0 Å². The van der Waals surface area contributed by atoms with Crippen LogP contribution in [-0.4, -0.2) is 24.9 Å². The average molecular weight is 338 g/mol. The fraction of sp³-hybridized carbons (Fsp3) is 0.529. The van der Waals surface area contributed by atoms with Gasteiger partial charge < -0.3 is 16.0 Å². The minimum atomic E-state index is -0.109. The van der Waals surface area contributed by atoms with Gasteiger partial charge in [0.1, 0.15) is 0 Å². The molecule has 126 valence electrons. The lowest BCUT2D eigenvalue weighted by atomic mass is 9.91. The minimum absolute atomic E-state index is 0. The van der Waals surface area contributed by atoms with Crippen molar-refractivity contribution in [3.8, 4) is 0 Å². The van der Waals surface area contributed by atoms with E-state index in [0.29, 0.717) is 0 Å². The summed E-state index contributed by atoms with van der Waals surface area (Å²) >= 11 is 0. The third kappa shape index (κ3) is 3.67. The summed E-state index contributed by atoms with van der Waals surface area (Å²) in [6.45, 7) is 5.42. The molecule has 3 N–H and O–H groups in total. The van der Waals surface area contributed by atoms with Gasteiger partial charge in [0.2, 0.25) is 11.8 Å². The van der Waals surface area contributed by atoms with Crippen molar-refractivity contribution >= 4 is 35.6 Å². The molecule has 2 amide bonds. The zero-order valence-corrected chi connectivity index (χ0v) is 14.4. The molecule has 1 saturated carbocycles. The van der Waals surface area contributed by atoms with Gasteiger partial charge >= 0.3 is 0 Å². The van der Waals surface area contributed by atoms with Gasteiger partial charge in [-0.3, -0.25) is 9.59 Å². The highest BCUT2D eigenvalue weighted by molar-refractivity contribution is 5.97. The van der Waals surface area contributed by atoms with Crippen LogP contribution in [0.3, 0.4) is 0 Å². The van der Waals surface area contributed by atoms with Gasteiger partial charge in [0.25, 0.3) is 0 Å². The average Bonchev–Trinajstić information content (AvgIpc) is 3.17. The van der Waals surface area contributed by atoms with Gasteiger partial charge in [0, 0.05) is 24.2 Å². The summed E-state index contributed by atoms with van der Waals surface area (Å²) < 4.78 is 0. The Morgan fingerprint density at radius 1 is 1.17 bits per heavy atom. The molecule has 2 fully saturated rings. The first-order valence-corrected chi connectivity index (χ1v) is 7.91. The zero-order chi connectivity index (χ0) is 15.7. The second kappa shape index (κ2) is 6.89. The predicted octanol–water partition coefficient (Wildman–Crippen LogP) is 2.70. The van der Waals surface area contributed by atoms with Crippen molar-refractivity contribution < 1.29 is 9.59 Å². The van der Waals surface area contributed by atoms with E-state index < -0.39 is 0 Å². The molecule has 0 bridgehead atoms. The molecule has 3 rings (SSSR count). The van der Waals surface area contributed by atoms with Gasteiger partial charge in [-0.25, -0.2) is 0 Å². The smallest absolute Gasteiger partial charge is 0.228 e. The summed E-state index contributed by atoms with van der Waals surface area (Å²) in [7, 11) is 0. The Labute approximate surface area is 143 Å². The van der Waals surface area contributed by atoms with Crippen LogP contribution in [0.15, 0.2) is 18.2 Å². The molecule has 0 aromatic heterocycles. The van der Waals surface area contributed by atoms with Crippen LogP contribution in [-0.2, 0) is 9.59 Å². The predicted molar refractivity (Wildman–Crippen MR) is 94.0 cm³/mol. The van der Waals surface area contributed by atoms with E-state index in [2.05, 4.69) is 16.0 Å². The van der Waals surface area contributed by atoms with Crippen LogP contribution in [0.4, 0.5) is 11.4 Å². The van der Waals surface area contributed by atoms with E-state index in [1.807, 2.05) is 25.1 Å². The molecule has 1 aromatic rings. The first-order valence-electron chi connectivity index (χ1n) is 7.91. The molecule has 23 heavy (non-hydrogen) atoms. The Morgan fingerprint density at radius 2 is 1.78 bits per heavy atom. The number of amides is 2. The highest BCUT2D eigenvalue weighted by Crippen LogP contribution is 2.58. The van der Waals surface area contributed by atoms with Crippen molar-refractivity contribution in [3.05, 3.63) is 23.8 Å². The maximum absolute atomic E-state index is 12.5. The van der Waals surface area contributed by atoms with Crippen LogP contribution >= 0.6 is 12.4 Å². The van der Waals surface area contributed by atoms with Crippen LogP contribution in [0.2, 0.25) is 0 Å². The minimum Gasteiger partial charge on any atom is -0.326 e. The Morgan fingerprint density at radius 3 is 2.39 bits per heavy atom. The molecule has 2 aliphatic rings. The number of nitrogens with one attached hydrogen (secondary N) is 3. The molecule has 1 aliphatic carbocycles. The Balaban J connectivity index is 0.00000192. The van der Waals surface area contributed by atoms with E-state index in [9.17, 15) is 9.59 Å². The normalized spacial score (nSPS) is 21.2. The molecular weight excluding hydrogens is 314 g/mol. The standard InChI is InChI=1S/C17H23N3O2.ClH/c1-11-14(19-12(2)21)4-3-5-15(11)20-16(22)13-10-17(13)6-8-18-9-7-17;/h3-5,13,18H,6-10H2,1-2H3,(H,19,21)(H,20,22);1H. The molecule has 1 heterocycles. The Hall–Kier alpha value is -1.59. The van der Waals surface area contributed by atoms with Gasteiger partial charge in [0.15, 0.2) is 0 Å². The summed E-state index contributed by atoms with van der Waals surface area (Å²) in [6.07, 6.45) is 3.19. The van der Waals surface area contributed by atoms with E-state index in [0.717, 1.165) is 49.3 Å². The molecule has 0 radical (unpaired) electrons. The number of anilines is 2. The number of rotatable bonds is 3. The molecule has 5 nitrogen and oxygen atoms in total. The highest BCUT2D eigenvalue weighted by Gasteiger charge is 2.57. The lowest BCUT2D eigenvalue weighted by Gasteiger charge is -2.23. The molecule has 1 saturated heterocycles. The number of carbonyl (C=O) groups excluding carboxylic acids is 2. The van der Waals surface area contributed by atoms with Crippen LogP contribution in [0.5, 0.6) is 0 Å². The summed E-state index contributed by atoms with van der Waals surface area (Å²) in [4.78, 5) is 23.7. The fourth-order valence-electron chi connectivity index (χ4n) is 3.51. The van der Waals surface area contributed by atoms with Crippen molar-refractivity contribution in [2.24, 2.45) is 11.3 Å². The SMILES string of the molecule is CC(=O)Nc1cccc(NC(=O)C2CC23CCNCC3)c1C.Cl. The molecule has 1 spiro atoms. The lowest BCUT2D eigenvalue weighted by Crippen LogP contribution is -2.31. The van der Waals surface area contributed by atoms with Gasteiger partial charge in [-0.05, 0) is 62.4 Å². The van der Waals surface area contributed by atoms with Crippen LogP contribution in [0.25, 0.3) is 0 Å². The number of hydrogen-bond acceptors (Lipinski definition) is 3. The van der Waals surface area contributed by atoms with Crippen LogP contribution in [0, 0.1) is 18.3 Å². The summed E-state index contributed by atoms with van der Waals surface area (Å²) in [5.41, 5.74) is 2.66. The van der Waals surface area contributed by atoms with Gasteiger partial charge in [0.05, 0.1) is 0 Å². The fourth-order valence-corrected chi connectivity index (χ4v) is 3.51. The Bertz CT molecular complexity index is 612. The molecule has 6 heteroatoms. The number of piperidine rings is 1. The first kappa shape index (κ1) is 17.8. The lowest BCUT2D eigenvalue weighted by molar-refractivity contribution is -0.118. The topological polar surface area (TPSA) is 70.2 Å². The molecule has 1 unspecified atom stereocenters. The number of halogens is 1. The maximum Gasteiger partial charge on any atom is 0.228 e. The molecule has 1 atom stereocenters. The monoisotopic (exact) mass is 337 g/mol. The van der Waals surface area contributed by atoms with Crippen LogP contribution in [0.1, 0.15) is 31.7 Å². The molecule has 1 aromatic carbocycles. The van der Waals surface area contributed by atoms with Gasteiger partial charge in [-0.15, -0.1) is 12.4 Å². The van der Waals surface area contributed by atoms with Crippen molar-refractivity contribution in [3.63, 3.8) is 0 Å². The Kier molecular flexibility index (Phi) is 5.32. The second-order valence-corrected chi connectivity index (χ2v) is 6.52. The summed E-state index contributed by atoms with van der Waals surface area (Å²) in [5, 5.41) is 9.19. The largest absolute Gasteiger partial charge is 0.326 e. The highest BCUT2D eigenvalue weighted by atomic mass is 35.5. The third-order valence-electron chi connectivity index (χ3n) is 5.01. The molecule has 1 aliphatic heterocycles. The van der Waals surface area contributed by atoms with Crippen LogP contribution < -0.4 is 16.0 Å². The number of benzene rings is 1. The van der Waals surface area contributed by atoms with Crippen molar-refractivity contribution in [1.82, 2.24) is 5.32 Å². The summed E-state index contributed by atoms with van der Waals surface area (Å²) in [5.74, 6) is 0.144. The second-order valence-electron chi connectivity index (χ2n) is 6.52. The van der Waals surface area contributed by atoms with E-state index in [1.165, 1.54) is 6.92 Å². The van der Waals surface area contributed by atoms with Crippen molar-refractivity contribution in [1.29, 1.82) is 0 Å². The third-order valence-corrected chi connectivity index (χ3v) is 5.01.